The monoisotopic (exact) mass is 367 g/mol. The highest BCUT2D eigenvalue weighted by atomic mass is 35.5. The molecule has 0 aliphatic carbocycles. The zero-order valence-corrected chi connectivity index (χ0v) is 14.9. The molecule has 2 aromatic rings. The molecule has 1 amide bonds. The molecule has 0 radical (unpaired) electrons. The number of carbonyl (C=O) groups excluding carboxylic acids is 1. The molecule has 1 aliphatic heterocycles. The van der Waals surface area contributed by atoms with E-state index < -0.39 is 23.9 Å². The van der Waals surface area contributed by atoms with Crippen LogP contribution < -0.4 is 5.32 Å². The van der Waals surface area contributed by atoms with E-state index in [-0.39, 0.29) is 18.2 Å². The van der Waals surface area contributed by atoms with Crippen molar-refractivity contribution in [3.8, 4) is 0 Å². The highest BCUT2D eigenvalue weighted by molar-refractivity contribution is 6.33. The summed E-state index contributed by atoms with van der Waals surface area (Å²) >= 11 is 5.99. The largest absolute Gasteiger partial charge is 0.444 e. The Morgan fingerprint density at radius 1 is 1.40 bits per heavy atom. The number of nitrogens with one attached hydrogen (secondary N) is 1. The molecule has 3 heterocycles. The number of aromatic nitrogens is 3. The molecule has 2 atom stereocenters. The van der Waals surface area contributed by atoms with Crippen LogP contribution in [0.4, 0.5) is 15.0 Å². The number of halogens is 2. The van der Waals surface area contributed by atoms with Gasteiger partial charge in [-0.3, -0.25) is 4.98 Å². The van der Waals surface area contributed by atoms with Gasteiger partial charge in [0.05, 0.1) is 12.6 Å². The molecule has 0 aromatic carbocycles. The Morgan fingerprint density at radius 3 is 2.88 bits per heavy atom. The molecular formula is C16H19ClFN5O2. The minimum atomic E-state index is -1.25. The minimum absolute atomic E-state index is 0.0379. The number of amides is 1. The first-order chi connectivity index (χ1) is 11.7. The SMILES string of the molecule is CC(C)(C)OC(=O)N1C[C@H](F)[C@H](Nc2nnc(Cl)c3ncccc23)C1. The lowest BCUT2D eigenvalue weighted by atomic mass is 10.2. The van der Waals surface area contributed by atoms with Crippen LogP contribution in [0.15, 0.2) is 18.3 Å². The van der Waals surface area contributed by atoms with Crippen molar-refractivity contribution in [3.05, 3.63) is 23.5 Å². The third-order valence-electron chi connectivity index (χ3n) is 3.72. The zero-order chi connectivity index (χ0) is 18.2. The first kappa shape index (κ1) is 17.6. The maximum atomic E-state index is 14.4. The molecule has 134 valence electrons. The molecule has 0 bridgehead atoms. The topological polar surface area (TPSA) is 80.2 Å². The van der Waals surface area contributed by atoms with Crippen molar-refractivity contribution in [1.29, 1.82) is 0 Å². The Bertz CT molecular complexity index is 798. The number of fused-ring (bicyclic) bond motifs is 1. The fourth-order valence-electron chi connectivity index (χ4n) is 2.61. The minimum Gasteiger partial charge on any atom is -0.444 e. The summed E-state index contributed by atoms with van der Waals surface area (Å²) < 4.78 is 19.7. The summed E-state index contributed by atoms with van der Waals surface area (Å²) in [5.74, 6) is 0.381. The molecule has 1 N–H and O–H groups in total. The number of hydrogen-bond donors (Lipinski definition) is 1. The van der Waals surface area contributed by atoms with Crippen LogP contribution in [-0.2, 0) is 4.74 Å². The second kappa shape index (κ2) is 6.59. The van der Waals surface area contributed by atoms with Crippen molar-refractivity contribution in [3.63, 3.8) is 0 Å². The van der Waals surface area contributed by atoms with Crippen LogP contribution in [0.1, 0.15) is 20.8 Å². The van der Waals surface area contributed by atoms with Crippen LogP contribution in [-0.4, -0.2) is 57.1 Å². The smallest absolute Gasteiger partial charge is 0.410 e. The average Bonchev–Trinajstić information content (AvgIpc) is 2.90. The maximum Gasteiger partial charge on any atom is 0.410 e. The lowest BCUT2D eigenvalue weighted by Gasteiger charge is -2.24. The molecule has 9 heteroatoms. The first-order valence-corrected chi connectivity index (χ1v) is 8.28. The van der Waals surface area contributed by atoms with Gasteiger partial charge in [-0.1, -0.05) is 11.6 Å². The number of carbonyl (C=O) groups is 1. The molecule has 0 saturated carbocycles. The van der Waals surface area contributed by atoms with E-state index in [0.717, 1.165) is 0 Å². The normalized spacial score (nSPS) is 20.8. The zero-order valence-electron chi connectivity index (χ0n) is 14.2. The van der Waals surface area contributed by atoms with Crippen molar-refractivity contribution in [1.82, 2.24) is 20.1 Å². The second-order valence-corrected chi connectivity index (χ2v) is 7.25. The predicted octanol–water partition coefficient (Wildman–Crippen LogP) is 3.05. The van der Waals surface area contributed by atoms with Crippen LogP contribution in [0, 0.1) is 0 Å². The standard InChI is InChI=1S/C16H19ClFN5O2/c1-16(2,3)25-15(24)23-7-10(18)11(8-23)20-14-9-5-4-6-19-12(9)13(17)21-22-14/h4-6,10-11H,7-8H2,1-3H3,(H,20,22)/t10-,11+/m0/s1. The summed E-state index contributed by atoms with van der Waals surface area (Å²) in [5.41, 5.74) is -0.142. The van der Waals surface area contributed by atoms with Crippen molar-refractivity contribution in [2.75, 3.05) is 18.4 Å². The third kappa shape index (κ3) is 3.89. The molecule has 1 saturated heterocycles. The number of alkyl halides is 1. The molecule has 0 spiro atoms. The van der Waals surface area contributed by atoms with Crippen LogP contribution in [0.5, 0.6) is 0 Å². The van der Waals surface area contributed by atoms with Crippen LogP contribution >= 0.6 is 11.6 Å². The fourth-order valence-corrected chi connectivity index (χ4v) is 2.80. The number of ether oxygens (including phenoxy) is 1. The van der Waals surface area contributed by atoms with Gasteiger partial charge in [0.25, 0.3) is 0 Å². The van der Waals surface area contributed by atoms with Gasteiger partial charge < -0.3 is 15.0 Å². The molecule has 1 fully saturated rings. The lowest BCUT2D eigenvalue weighted by Crippen LogP contribution is -2.36. The summed E-state index contributed by atoms with van der Waals surface area (Å²) in [4.78, 5) is 17.6. The Kier molecular flexibility index (Phi) is 4.64. The van der Waals surface area contributed by atoms with Crippen molar-refractivity contribution < 1.29 is 13.9 Å². The van der Waals surface area contributed by atoms with Crippen LogP contribution in [0.3, 0.4) is 0 Å². The molecular weight excluding hydrogens is 349 g/mol. The van der Waals surface area contributed by atoms with E-state index in [1.165, 1.54) is 4.90 Å². The number of likely N-dealkylation sites (tertiary alicyclic amines) is 1. The van der Waals surface area contributed by atoms with E-state index in [2.05, 4.69) is 20.5 Å². The van der Waals surface area contributed by atoms with E-state index in [9.17, 15) is 9.18 Å². The van der Waals surface area contributed by atoms with Gasteiger partial charge in [-0.2, -0.15) is 0 Å². The van der Waals surface area contributed by atoms with E-state index >= 15 is 0 Å². The summed E-state index contributed by atoms with van der Waals surface area (Å²) in [6.45, 7) is 5.44. The third-order valence-corrected chi connectivity index (χ3v) is 3.97. The van der Waals surface area contributed by atoms with Crippen LogP contribution in [0.2, 0.25) is 5.15 Å². The van der Waals surface area contributed by atoms with Gasteiger partial charge in [-0.25, -0.2) is 9.18 Å². The van der Waals surface area contributed by atoms with E-state index in [1.54, 1.807) is 39.1 Å². The molecule has 1 aliphatic rings. The number of hydrogen-bond acceptors (Lipinski definition) is 6. The molecule has 2 aromatic heterocycles. The molecule has 3 rings (SSSR count). The summed E-state index contributed by atoms with van der Waals surface area (Å²) in [5, 5.41) is 11.7. The van der Waals surface area contributed by atoms with Gasteiger partial charge in [0.15, 0.2) is 11.0 Å². The maximum absolute atomic E-state index is 14.4. The van der Waals surface area contributed by atoms with E-state index in [4.69, 9.17) is 16.3 Å². The number of rotatable bonds is 2. The van der Waals surface area contributed by atoms with Crippen molar-refractivity contribution >= 4 is 34.4 Å². The second-order valence-electron chi connectivity index (χ2n) is 6.89. The van der Waals surface area contributed by atoms with Gasteiger partial charge >= 0.3 is 6.09 Å². The Balaban J connectivity index is 1.76. The highest BCUT2D eigenvalue weighted by Crippen LogP contribution is 2.26. The quantitative estimate of drug-likeness (QED) is 0.878. The van der Waals surface area contributed by atoms with Crippen molar-refractivity contribution in [2.45, 2.75) is 38.6 Å². The molecule has 7 nitrogen and oxygen atoms in total. The van der Waals surface area contributed by atoms with E-state index in [1.807, 2.05) is 0 Å². The van der Waals surface area contributed by atoms with Crippen LogP contribution in [0.25, 0.3) is 10.9 Å². The summed E-state index contributed by atoms with van der Waals surface area (Å²) in [7, 11) is 0. The highest BCUT2D eigenvalue weighted by Gasteiger charge is 2.37. The number of anilines is 1. The summed E-state index contributed by atoms with van der Waals surface area (Å²) in [6, 6.07) is 2.89. The Labute approximate surface area is 149 Å². The number of nitrogens with zero attached hydrogens (tertiary/aromatic N) is 4. The first-order valence-electron chi connectivity index (χ1n) is 7.90. The average molecular weight is 368 g/mol. The van der Waals surface area contributed by atoms with Gasteiger partial charge in [0.1, 0.15) is 17.3 Å². The lowest BCUT2D eigenvalue weighted by molar-refractivity contribution is 0.0283. The van der Waals surface area contributed by atoms with Gasteiger partial charge in [-0.15, -0.1) is 10.2 Å². The Morgan fingerprint density at radius 2 is 2.16 bits per heavy atom. The van der Waals surface area contributed by atoms with Gasteiger partial charge in [0, 0.05) is 18.1 Å². The van der Waals surface area contributed by atoms with Gasteiger partial charge in [0.2, 0.25) is 0 Å². The summed E-state index contributed by atoms with van der Waals surface area (Å²) in [6.07, 6.45) is -0.192. The van der Waals surface area contributed by atoms with Gasteiger partial charge in [-0.05, 0) is 32.9 Å². The van der Waals surface area contributed by atoms with Crippen molar-refractivity contribution in [2.24, 2.45) is 0 Å². The molecule has 0 unspecified atom stereocenters. The number of pyridine rings is 1. The predicted molar refractivity (Wildman–Crippen MR) is 92.5 cm³/mol. The fraction of sp³-hybridized carbons (Fsp3) is 0.500. The molecule has 25 heavy (non-hydrogen) atoms. The van der Waals surface area contributed by atoms with E-state index in [0.29, 0.717) is 16.7 Å². The Hall–Kier alpha value is -2.22.